The second-order valence-electron chi connectivity index (χ2n) is 4.75. The fraction of sp³-hybridized carbons (Fsp3) is 0.500. The third kappa shape index (κ3) is 2.54. The predicted octanol–water partition coefficient (Wildman–Crippen LogP) is 0.991. The summed E-state index contributed by atoms with van der Waals surface area (Å²) in [6.07, 6.45) is 2.83. The van der Waals surface area contributed by atoms with Crippen molar-refractivity contribution in [2.75, 3.05) is 31.7 Å². The topological polar surface area (TPSA) is 44.4 Å². The molecule has 1 saturated heterocycles. The Morgan fingerprint density at radius 1 is 1.33 bits per heavy atom. The second-order valence-corrected chi connectivity index (χ2v) is 4.75. The van der Waals surface area contributed by atoms with Crippen molar-refractivity contribution < 1.29 is 4.79 Å². The number of anilines is 1. The van der Waals surface area contributed by atoms with Gasteiger partial charge in [0.2, 0.25) is 0 Å². The van der Waals surface area contributed by atoms with Crippen molar-refractivity contribution in [3.05, 3.63) is 30.3 Å². The Balaban J connectivity index is 2.30. The van der Waals surface area contributed by atoms with Crippen molar-refractivity contribution in [2.45, 2.75) is 18.4 Å². The first-order chi connectivity index (χ1) is 8.82. The van der Waals surface area contributed by atoms with Crippen LogP contribution in [0, 0.1) is 0 Å². The zero-order chi connectivity index (χ0) is 12.8. The van der Waals surface area contributed by atoms with Crippen LogP contribution in [0.1, 0.15) is 12.8 Å². The fourth-order valence-corrected chi connectivity index (χ4v) is 2.58. The SMILES string of the molecule is CNCN(c1ccccc1)C1(C=O)CCNCC1. The van der Waals surface area contributed by atoms with Gasteiger partial charge >= 0.3 is 0 Å². The molecule has 2 rings (SSSR count). The van der Waals surface area contributed by atoms with E-state index >= 15 is 0 Å². The lowest BCUT2D eigenvalue weighted by molar-refractivity contribution is -0.113. The van der Waals surface area contributed by atoms with E-state index in [-0.39, 0.29) is 5.54 Å². The Morgan fingerprint density at radius 2 is 2.00 bits per heavy atom. The highest BCUT2D eigenvalue weighted by molar-refractivity contribution is 5.72. The molecular weight excluding hydrogens is 226 g/mol. The molecule has 0 amide bonds. The molecule has 0 atom stereocenters. The van der Waals surface area contributed by atoms with E-state index < -0.39 is 0 Å². The molecule has 2 N–H and O–H groups in total. The van der Waals surface area contributed by atoms with Gasteiger partial charge in [0.05, 0.1) is 12.2 Å². The zero-order valence-electron chi connectivity index (χ0n) is 10.9. The molecule has 1 aromatic carbocycles. The molecule has 0 radical (unpaired) electrons. The molecule has 0 spiro atoms. The van der Waals surface area contributed by atoms with Crippen LogP contribution in [0.3, 0.4) is 0 Å². The number of benzene rings is 1. The first kappa shape index (κ1) is 13.1. The number of nitrogens with one attached hydrogen (secondary N) is 2. The molecule has 1 aliphatic rings. The molecule has 0 aromatic heterocycles. The van der Waals surface area contributed by atoms with Gasteiger partial charge in [-0.05, 0) is 45.1 Å². The number of aldehydes is 1. The van der Waals surface area contributed by atoms with Gasteiger partial charge in [0.1, 0.15) is 6.29 Å². The summed E-state index contributed by atoms with van der Waals surface area (Å²) in [7, 11) is 1.91. The highest BCUT2D eigenvalue weighted by Gasteiger charge is 2.37. The van der Waals surface area contributed by atoms with E-state index in [0.29, 0.717) is 6.67 Å². The van der Waals surface area contributed by atoms with Crippen molar-refractivity contribution in [3.8, 4) is 0 Å². The van der Waals surface area contributed by atoms with E-state index in [2.05, 4.69) is 27.7 Å². The van der Waals surface area contributed by atoms with Crippen LogP contribution < -0.4 is 15.5 Å². The quantitative estimate of drug-likeness (QED) is 0.601. The second kappa shape index (κ2) is 5.98. The Morgan fingerprint density at radius 3 is 2.56 bits per heavy atom. The number of para-hydroxylation sites is 1. The van der Waals surface area contributed by atoms with Crippen molar-refractivity contribution >= 4 is 12.0 Å². The van der Waals surface area contributed by atoms with Gasteiger partial charge in [0, 0.05) is 5.69 Å². The summed E-state index contributed by atoms with van der Waals surface area (Å²) in [4.78, 5) is 13.9. The molecule has 1 heterocycles. The summed E-state index contributed by atoms with van der Waals surface area (Å²) in [5, 5.41) is 6.49. The smallest absolute Gasteiger partial charge is 0.145 e. The van der Waals surface area contributed by atoms with E-state index in [1.165, 1.54) is 0 Å². The van der Waals surface area contributed by atoms with Gasteiger partial charge in [0.15, 0.2) is 0 Å². The zero-order valence-corrected chi connectivity index (χ0v) is 10.9. The van der Waals surface area contributed by atoms with Crippen LogP contribution in [0.15, 0.2) is 30.3 Å². The first-order valence-corrected chi connectivity index (χ1v) is 6.47. The molecule has 0 unspecified atom stereocenters. The summed E-state index contributed by atoms with van der Waals surface area (Å²) in [6, 6.07) is 10.1. The van der Waals surface area contributed by atoms with Crippen LogP contribution in [0.25, 0.3) is 0 Å². The van der Waals surface area contributed by atoms with Crippen molar-refractivity contribution in [1.82, 2.24) is 10.6 Å². The average Bonchev–Trinajstić information content (AvgIpc) is 2.46. The molecule has 1 aliphatic heterocycles. The minimum absolute atomic E-state index is 0.379. The number of carbonyl (C=O) groups excluding carboxylic acids is 1. The molecule has 0 aliphatic carbocycles. The van der Waals surface area contributed by atoms with E-state index in [9.17, 15) is 4.79 Å². The van der Waals surface area contributed by atoms with E-state index in [4.69, 9.17) is 0 Å². The molecule has 0 saturated carbocycles. The highest BCUT2D eigenvalue weighted by Crippen LogP contribution is 2.29. The summed E-state index contributed by atoms with van der Waals surface area (Å²) < 4.78 is 0. The number of rotatable bonds is 5. The molecule has 1 fully saturated rings. The minimum Gasteiger partial charge on any atom is -0.346 e. The molecule has 18 heavy (non-hydrogen) atoms. The Bertz CT molecular complexity index is 374. The largest absolute Gasteiger partial charge is 0.346 e. The lowest BCUT2D eigenvalue weighted by atomic mass is 9.87. The lowest BCUT2D eigenvalue weighted by Crippen LogP contribution is -2.58. The summed E-state index contributed by atoms with van der Waals surface area (Å²) in [5.74, 6) is 0. The van der Waals surface area contributed by atoms with Gasteiger partial charge in [-0.25, -0.2) is 0 Å². The van der Waals surface area contributed by atoms with Gasteiger partial charge in [-0.15, -0.1) is 0 Å². The van der Waals surface area contributed by atoms with E-state index in [1.807, 2.05) is 25.2 Å². The fourth-order valence-electron chi connectivity index (χ4n) is 2.58. The van der Waals surface area contributed by atoms with Crippen LogP contribution in [-0.2, 0) is 4.79 Å². The molecular formula is C14H21N3O. The molecule has 98 valence electrons. The molecule has 1 aromatic rings. The summed E-state index contributed by atoms with van der Waals surface area (Å²) >= 11 is 0. The van der Waals surface area contributed by atoms with Gasteiger partial charge in [-0.2, -0.15) is 0 Å². The maximum Gasteiger partial charge on any atom is 0.145 e. The third-order valence-electron chi connectivity index (χ3n) is 3.61. The monoisotopic (exact) mass is 247 g/mol. The Labute approximate surface area is 108 Å². The number of carbonyl (C=O) groups is 1. The number of nitrogens with zero attached hydrogens (tertiary/aromatic N) is 1. The minimum atomic E-state index is -0.379. The van der Waals surface area contributed by atoms with Gasteiger partial charge in [-0.3, -0.25) is 0 Å². The molecule has 4 heteroatoms. The third-order valence-corrected chi connectivity index (χ3v) is 3.61. The van der Waals surface area contributed by atoms with Crippen LogP contribution >= 0.6 is 0 Å². The molecule has 0 bridgehead atoms. The van der Waals surface area contributed by atoms with E-state index in [1.54, 1.807) is 0 Å². The van der Waals surface area contributed by atoms with Crippen LogP contribution in [0.5, 0.6) is 0 Å². The van der Waals surface area contributed by atoms with Crippen molar-refractivity contribution in [2.24, 2.45) is 0 Å². The Hall–Kier alpha value is -1.39. The lowest BCUT2D eigenvalue weighted by Gasteiger charge is -2.44. The van der Waals surface area contributed by atoms with Gasteiger partial charge in [-0.1, -0.05) is 18.2 Å². The first-order valence-electron chi connectivity index (χ1n) is 6.47. The van der Waals surface area contributed by atoms with Crippen LogP contribution in [0.4, 0.5) is 5.69 Å². The van der Waals surface area contributed by atoms with Crippen LogP contribution in [0.2, 0.25) is 0 Å². The number of hydrogen-bond acceptors (Lipinski definition) is 4. The van der Waals surface area contributed by atoms with Crippen molar-refractivity contribution in [1.29, 1.82) is 0 Å². The van der Waals surface area contributed by atoms with E-state index in [0.717, 1.165) is 37.9 Å². The number of hydrogen-bond donors (Lipinski definition) is 2. The average molecular weight is 247 g/mol. The standard InChI is InChI=1S/C14H21N3O/c1-15-12-17(13-5-3-2-4-6-13)14(11-18)7-9-16-10-8-14/h2-6,11,15-16H,7-10,12H2,1H3. The molecule has 4 nitrogen and oxygen atoms in total. The van der Waals surface area contributed by atoms with Gasteiger partial charge < -0.3 is 20.3 Å². The highest BCUT2D eigenvalue weighted by atomic mass is 16.1. The summed E-state index contributed by atoms with van der Waals surface area (Å²) in [5.41, 5.74) is 0.719. The predicted molar refractivity (Wildman–Crippen MR) is 73.7 cm³/mol. The maximum atomic E-state index is 11.7. The van der Waals surface area contributed by atoms with Crippen LogP contribution in [-0.4, -0.2) is 38.6 Å². The van der Waals surface area contributed by atoms with Gasteiger partial charge in [0.25, 0.3) is 0 Å². The van der Waals surface area contributed by atoms with Crippen molar-refractivity contribution in [3.63, 3.8) is 0 Å². The Kier molecular flexibility index (Phi) is 4.33. The summed E-state index contributed by atoms with van der Waals surface area (Å²) in [6.45, 7) is 2.47. The normalized spacial score (nSPS) is 18.3. The maximum absolute atomic E-state index is 11.7. The number of piperidine rings is 1.